The third-order valence-corrected chi connectivity index (χ3v) is 2.48. The van der Waals surface area contributed by atoms with E-state index >= 15 is 0 Å². The van der Waals surface area contributed by atoms with E-state index in [0.29, 0.717) is 12.4 Å². The van der Waals surface area contributed by atoms with Gasteiger partial charge in [0.1, 0.15) is 18.0 Å². The SMILES string of the molecule is CCCn1ncnc1CC(=O)c1cncc(F)c1. The second kappa shape index (κ2) is 5.48. The summed E-state index contributed by atoms with van der Waals surface area (Å²) in [6.07, 6.45) is 4.85. The predicted molar refractivity (Wildman–Crippen MR) is 62.5 cm³/mol. The van der Waals surface area contributed by atoms with Crippen LogP contribution in [0.3, 0.4) is 0 Å². The van der Waals surface area contributed by atoms with Gasteiger partial charge >= 0.3 is 0 Å². The van der Waals surface area contributed by atoms with Crippen LogP contribution in [0.1, 0.15) is 29.5 Å². The summed E-state index contributed by atoms with van der Waals surface area (Å²) in [5, 5.41) is 4.03. The molecular weight excluding hydrogens is 235 g/mol. The van der Waals surface area contributed by atoms with Crippen molar-refractivity contribution >= 4 is 5.78 Å². The molecule has 0 aromatic carbocycles. The van der Waals surface area contributed by atoms with E-state index in [9.17, 15) is 9.18 Å². The first-order valence-electron chi connectivity index (χ1n) is 5.71. The molecule has 0 saturated heterocycles. The maximum Gasteiger partial charge on any atom is 0.172 e. The van der Waals surface area contributed by atoms with Crippen molar-refractivity contribution < 1.29 is 9.18 Å². The van der Waals surface area contributed by atoms with Crippen LogP contribution in [0.2, 0.25) is 0 Å². The summed E-state index contributed by atoms with van der Waals surface area (Å²) in [5.41, 5.74) is 0.251. The molecule has 0 spiro atoms. The van der Waals surface area contributed by atoms with Crippen LogP contribution in [0, 0.1) is 5.82 Å². The van der Waals surface area contributed by atoms with Gasteiger partial charge in [-0.2, -0.15) is 5.10 Å². The fraction of sp³-hybridized carbons (Fsp3) is 0.333. The molecular formula is C12H13FN4O. The second-order valence-electron chi connectivity index (χ2n) is 3.89. The van der Waals surface area contributed by atoms with E-state index in [1.807, 2.05) is 6.92 Å². The van der Waals surface area contributed by atoms with Crippen molar-refractivity contribution in [3.63, 3.8) is 0 Å². The molecule has 0 bridgehead atoms. The van der Waals surface area contributed by atoms with Crippen molar-refractivity contribution in [2.75, 3.05) is 0 Å². The maximum absolute atomic E-state index is 13.0. The molecule has 2 rings (SSSR count). The van der Waals surface area contributed by atoms with Gasteiger partial charge < -0.3 is 0 Å². The highest BCUT2D eigenvalue weighted by Gasteiger charge is 2.12. The smallest absolute Gasteiger partial charge is 0.172 e. The van der Waals surface area contributed by atoms with E-state index in [4.69, 9.17) is 0 Å². The van der Waals surface area contributed by atoms with Gasteiger partial charge in [0.25, 0.3) is 0 Å². The molecule has 18 heavy (non-hydrogen) atoms. The van der Waals surface area contributed by atoms with Crippen molar-refractivity contribution in [1.82, 2.24) is 19.7 Å². The maximum atomic E-state index is 13.0. The van der Waals surface area contributed by atoms with Crippen molar-refractivity contribution in [2.24, 2.45) is 0 Å². The standard InChI is InChI=1S/C12H13FN4O/c1-2-3-17-12(15-8-16-17)5-11(18)9-4-10(13)7-14-6-9/h4,6-8H,2-3,5H2,1H3. The number of aromatic nitrogens is 4. The van der Waals surface area contributed by atoms with Crippen molar-refractivity contribution in [2.45, 2.75) is 26.3 Å². The number of carbonyl (C=O) groups excluding carboxylic acids is 1. The minimum absolute atomic E-state index is 0.102. The first-order valence-corrected chi connectivity index (χ1v) is 5.71. The van der Waals surface area contributed by atoms with E-state index in [-0.39, 0.29) is 17.8 Å². The number of aryl methyl sites for hydroxylation is 1. The average molecular weight is 248 g/mol. The molecule has 0 saturated carbocycles. The first kappa shape index (κ1) is 12.3. The van der Waals surface area contributed by atoms with E-state index in [0.717, 1.165) is 12.6 Å². The molecule has 0 atom stereocenters. The van der Waals surface area contributed by atoms with Gasteiger partial charge in [-0.05, 0) is 12.5 Å². The molecule has 0 fully saturated rings. The topological polar surface area (TPSA) is 60.7 Å². The van der Waals surface area contributed by atoms with Gasteiger partial charge in [0.2, 0.25) is 0 Å². The molecule has 94 valence electrons. The summed E-state index contributed by atoms with van der Waals surface area (Å²) in [7, 11) is 0. The molecule has 0 aliphatic heterocycles. The van der Waals surface area contributed by atoms with Gasteiger partial charge in [-0.15, -0.1) is 0 Å². The summed E-state index contributed by atoms with van der Waals surface area (Å²) in [6.45, 7) is 2.73. The van der Waals surface area contributed by atoms with Crippen LogP contribution in [0.4, 0.5) is 4.39 Å². The van der Waals surface area contributed by atoms with Crippen molar-refractivity contribution in [3.8, 4) is 0 Å². The number of ketones is 1. The molecule has 2 aromatic heterocycles. The van der Waals surface area contributed by atoms with Gasteiger partial charge in [-0.25, -0.2) is 14.1 Å². The van der Waals surface area contributed by atoms with Crippen LogP contribution in [0.5, 0.6) is 0 Å². The lowest BCUT2D eigenvalue weighted by atomic mass is 10.1. The van der Waals surface area contributed by atoms with Crippen LogP contribution in [0.25, 0.3) is 0 Å². The first-order chi connectivity index (χ1) is 8.70. The van der Waals surface area contributed by atoms with Crippen LogP contribution >= 0.6 is 0 Å². The number of halogens is 1. The Morgan fingerprint density at radius 3 is 3.00 bits per heavy atom. The molecule has 0 amide bonds. The van der Waals surface area contributed by atoms with E-state index in [2.05, 4.69) is 15.1 Å². The summed E-state index contributed by atoms with van der Waals surface area (Å²) in [5.74, 6) is -0.144. The van der Waals surface area contributed by atoms with E-state index in [1.165, 1.54) is 18.6 Å². The fourth-order valence-electron chi connectivity index (χ4n) is 1.63. The van der Waals surface area contributed by atoms with Gasteiger partial charge in [-0.1, -0.05) is 6.92 Å². The number of pyridine rings is 1. The highest BCUT2D eigenvalue weighted by molar-refractivity contribution is 5.96. The quantitative estimate of drug-likeness (QED) is 0.755. The highest BCUT2D eigenvalue weighted by Crippen LogP contribution is 2.06. The fourth-order valence-corrected chi connectivity index (χ4v) is 1.63. The van der Waals surface area contributed by atoms with E-state index in [1.54, 1.807) is 4.68 Å². The summed E-state index contributed by atoms with van der Waals surface area (Å²) in [6, 6.07) is 1.18. The number of Topliss-reactive ketones (excluding diaryl/α,β-unsaturated/α-hetero) is 1. The van der Waals surface area contributed by atoms with Crippen LogP contribution in [-0.4, -0.2) is 25.5 Å². The Kier molecular flexibility index (Phi) is 3.76. The molecule has 0 radical (unpaired) electrons. The Balaban J connectivity index is 2.14. The number of carbonyl (C=O) groups is 1. The second-order valence-corrected chi connectivity index (χ2v) is 3.89. The largest absolute Gasteiger partial charge is 0.294 e. The van der Waals surface area contributed by atoms with Crippen molar-refractivity contribution in [1.29, 1.82) is 0 Å². The minimum Gasteiger partial charge on any atom is -0.294 e. The van der Waals surface area contributed by atoms with Crippen LogP contribution < -0.4 is 0 Å². The number of hydrogen-bond acceptors (Lipinski definition) is 4. The predicted octanol–water partition coefficient (Wildman–Crippen LogP) is 1.65. The lowest BCUT2D eigenvalue weighted by Gasteiger charge is -2.03. The molecule has 5 nitrogen and oxygen atoms in total. The third kappa shape index (κ3) is 2.77. The van der Waals surface area contributed by atoms with Gasteiger partial charge in [0, 0.05) is 18.3 Å². The number of rotatable bonds is 5. The summed E-state index contributed by atoms with van der Waals surface area (Å²) in [4.78, 5) is 19.6. The summed E-state index contributed by atoms with van der Waals surface area (Å²) < 4.78 is 14.6. The number of nitrogens with zero attached hydrogens (tertiary/aromatic N) is 4. The summed E-state index contributed by atoms with van der Waals surface area (Å²) >= 11 is 0. The molecule has 2 aromatic rings. The highest BCUT2D eigenvalue weighted by atomic mass is 19.1. The van der Waals surface area contributed by atoms with Gasteiger partial charge in [-0.3, -0.25) is 9.78 Å². The Bertz CT molecular complexity index is 553. The molecule has 0 aliphatic rings. The zero-order chi connectivity index (χ0) is 13.0. The monoisotopic (exact) mass is 248 g/mol. The van der Waals surface area contributed by atoms with Crippen LogP contribution in [-0.2, 0) is 13.0 Å². The lowest BCUT2D eigenvalue weighted by molar-refractivity contribution is 0.0988. The van der Waals surface area contributed by atoms with Crippen molar-refractivity contribution in [3.05, 3.63) is 42.0 Å². The average Bonchev–Trinajstić information content (AvgIpc) is 2.77. The molecule has 0 aliphatic carbocycles. The van der Waals surface area contributed by atoms with Gasteiger partial charge in [0.15, 0.2) is 5.78 Å². The zero-order valence-corrected chi connectivity index (χ0v) is 10.0. The number of hydrogen-bond donors (Lipinski definition) is 0. The minimum atomic E-state index is -0.518. The molecule has 0 unspecified atom stereocenters. The normalized spacial score (nSPS) is 10.6. The molecule has 0 N–H and O–H groups in total. The Labute approximate surface area is 104 Å². The Morgan fingerprint density at radius 2 is 2.28 bits per heavy atom. The van der Waals surface area contributed by atoms with Gasteiger partial charge in [0.05, 0.1) is 12.6 Å². The Morgan fingerprint density at radius 1 is 1.44 bits per heavy atom. The zero-order valence-electron chi connectivity index (χ0n) is 10.0. The van der Waals surface area contributed by atoms with E-state index < -0.39 is 5.82 Å². The third-order valence-electron chi connectivity index (χ3n) is 2.48. The lowest BCUT2D eigenvalue weighted by Crippen LogP contribution is -2.12. The Hall–Kier alpha value is -2.11. The molecule has 2 heterocycles. The molecule has 6 heteroatoms. The van der Waals surface area contributed by atoms with Crippen LogP contribution in [0.15, 0.2) is 24.8 Å².